The summed E-state index contributed by atoms with van der Waals surface area (Å²) in [5.41, 5.74) is 0.114. The molecule has 0 aliphatic carbocycles. The van der Waals surface area contributed by atoms with Crippen molar-refractivity contribution in [2.75, 3.05) is 11.9 Å². The smallest absolute Gasteiger partial charge is 0.870 e. The zero-order valence-corrected chi connectivity index (χ0v) is 26.1. The summed E-state index contributed by atoms with van der Waals surface area (Å²) in [7, 11) is -4.59. The molecular weight excluding hydrogens is 588 g/mol. The number of rotatable bonds is 8. The van der Waals surface area contributed by atoms with Gasteiger partial charge in [0.25, 0.3) is 16.0 Å². The van der Waals surface area contributed by atoms with Crippen molar-refractivity contribution < 1.29 is 57.2 Å². The molecule has 0 aliphatic heterocycles. The third-order valence-corrected chi connectivity index (χ3v) is 7.41. The topological polar surface area (TPSA) is 140 Å². The first-order valence-corrected chi connectivity index (χ1v) is 13.9. The number of benzene rings is 4. The van der Waals surface area contributed by atoms with E-state index < -0.39 is 26.7 Å². The number of amides is 1. The maximum atomic E-state index is 13.4. The number of ether oxygens (including phenoxy) is 1. The maximum Gasteiger partial charge on any atom is 1.00 e. The molecule has 0 aliphatic rings. The van der Waals surface area contributed by atoms with Crippen LogP contribution in [0.1, 0.15) is 29.8 Å². The number of azo groups is 1. The molecule has 0 aromatic heterocycles. The molecule has 4 aromatic rings. The van der Waals surface area contributed by atoms with E-state index in [4.69, 9.17) is 27.9 Å². The van der Waals surface area contributed by atoms with Gasteiger partial charge in [-0.2, -0.15) is 18.6 Å². The van der Waals surface area contributed by atoms with Crippen molar-refractivity contribution in [1.29, 1.82) is 0 Å². The van der Waals surface area contributed by atoms with Crippen molar-refractivity contribution in [1.82, 2.24) is 0 Å². The van der Waals surface area contributed by atoms with Crippen LogP contribution in [0.2, 0.25) is 10.0 Å². The van der Waals surface area contributed by atoms with E-state index in [1.165, 1.54) is 12.1 Å². The van der Waals surface area contributed by atoms with Crippen LogP contribution in [0.15, 0.2) is 75.8 Å². The predicted molar refractivity (Wildman–Crippen MR) is 149 cm³/mol. The van der Waals surface area contributed by atoms with Crippen LogP contribution < -0.4 is 44.7 Å². The Hall–Kier alpha value is -2.70. The van der Waals surface area contributed by atoms with E-state index in [0.29, 0.717) is 23.1 Å². The maximum absolute atomic E-state index is 13.4. The number of nitrogens with zero attached hydrogens (tertiary/aromatic N) is 2. The summed E-state index contributed by atoms with van der Waals surface area (Å²) in [4.78, 5) is 12.8. The normalized spacial score (nSPS) is 11.4. The standard InChI is InChI=1S/C27H23Cl2N3O6S.Na/c1-3-17-20(28)13-16(14-23(17)39(35,36)37)31-32-25-18-9-6-5-8-15(18)12-19(26(25)33)27(34)30-21-10-7-11-22(24(21)29)38-4-2;/h5-14,33H,3-4H2,1-2H3,(H,30,34)(H,35,36,37);/q;+1/p-1. The minimum atomic E-state index is -4.59. The first-order valence-electron chi connectivity index (χ1n) is 11.7. The summed E-state index contributed by atoms with van der Waals surface area (Å²) >= 11 is 12.6. The van der Waals surface area contributed by atoms with Crippen molar-refractivity contribution >= 4 is 67.1 Å². The third kappa shape index (κ3) is 6.77. The van der Waals surface area contributed by atoms with Gasteiger partial charge in [-0.3, -0.25) is 9.35 Å². The van der Waals surface area contributed by atoms with E-state index in [1.54, 1.807) is 56.3 Å². The molecule has 0 spiro atoms. The van der Waals surface area contributed by atoms with Gasteiger partial charge in [0.15, 0.2) is 0 Å². The van der Waals surface area contributed by atoms with Crippen molar-refractivity contribution in [2.24, 2.45) is 10.2 Å². The first kappa shape index (κ1) is 31.8. The van der Waals surface area contributed by atoms with E-state index >= 15 is 0 Å². The second-order valence-corrected chi connectivity index (χ2v) is 10.4. The number of anilines is 1. The van der Waals surface area contributed by atoms with E-state index in [-0.39, 0.29) is 74.2 Å². The van der Waals surface area contributed by atoms with Crippen molar-refractivity contribution in [2.45, 2.75) is 25.2 Å². The largest absolute Gasteiger partial charge is 1.00 e. The number of fused-ring (bicyclic) bond motifs is 1. The van der Waals surface area contributed by atoms with Crippen LogP contribution in [-0.2, 0) is 16.5 Å². The second-order valence-electron chi connectivity index (χ2n) is 8.26. The van der Waals surface area contributed by atoms with Gasteiger partial charge < -0.3 is 15.2 Å². The summed E-state index contributed by atoms with van der Waals surface area (Å²) in [6.45, 7) is 3.86. The monoisotopic (exact) mass is 609 g/mol. The van der Waals surface area contributed by atoms with Crippen LogP contribution >= 0.6 is 23.2 Å². The quantitative estimate of drug-likeness (QED) is 0.175. The molecule has 2 N–H and O–H groups in total. The summed E-state index contributed by atoms with van der Waals surface area (Å²) < 4.78 is 38.9. The number of hydrogen-bond acceptors (Lipinski definition) is 7. The van der Waals surface area contributed by atoms with Crippen molar-refractivity contribution in [3.8, 4) is 11.5 Å². The van der Waals surface area contributed by atoms with E-state index in [2.05, 4.69) is 15.5 Å². The van der Waals surface area contributed by atoms with Crippen LogP contribution in [0.25, 0.3) is 10.8 Å². The average molecular weight is 610 g/mol. The minimum Gasteiger partial charge on any atom is -0.870 e. The zero-order valence-electron chi connectivity index (χ0n) is 21.7. The Kier molecular flexibility index (Phi) is 10.6. The first-order chi connectivity index (χ1) is 18.5. The Morgan fingerprint density at radius 1 is 1.05 bits per heavy atom. The predicted octanol–water partition coefficient (Wildman–Crippen LogP) is 4.10. The molecule has 0 unspecified atom stereocenters. The van der Waals surface area contributed by atoms with Gasteiger partial charge in [0.05, 0.1) is 23.7 Å². The van der Waals surface area contributed by atoms with Crippen molar-refractivity contribution in [3.05, 3.63) is 81.8 Å². The van der Waals surface area contributed by atoms with Gasteiger partial charge in [-0.1, -0.05) is 66.2 Å². The second kappa shape index (κ2) is 13.3. The minimum absolute atomic E-state index is 0. The van der Waals surface area contributed by atoms with E-state index in [0.717, 1.165) is 6.07 Å². The molecule has 9 nitrogen and oxygen atoms in total. The third-order valence-electron chi connectivity index (χ3n) is 5.77. The zero-order chi connectivity index (χ0) is 28.3. The van der Waals surface area contributed by atoms with Gasteiger partial charge in [0, 0.05) is 16.0 Å². The Morgan fingerprint density at radius 2 is 1.77 bits per heavy atom. The van der Waals surface area contributed by atoms with Crippen LogP contribution in [0, 0.1) is 0 Å². The molecule has 0 atom stereocenters. The molecule has 0 saturated carbocycles. The number of nitrogens with one attached hydrogen (secondary N) is 1. The summed E-state index contributed by atoms with van der Waals surface area (Å²) in [5, 5.41) is 25.4. The Labute approximate surface area is 263 Å². The molecule has 0 heterocycles. The fourth-order valence-corrected chi connectivity index (χ4v) is 5.44. The molecule has 4 aromatic carbocycles. The molecule has 1 amide bonds. The SMILES string of the molecule is CCOc1cccc(NC(=O)c2cc3ccccc3c(N=Nc3cc(Cl)c(CC)c(S(=O)(=O)O)c3)c2[O-])c1Cl.[Na+]. The Bertz CT molecular complexity index is 1730. The van der Waals surface area contributed by atoms with Crippen LogP contribution in [0.4, 0.5) is 17.1 Å². The van der Waals surface area contributed by atoms with Gasteiger partial charge in [0.2, 0.25) is 0 Å². The fraction of sp³-hybridized carbons (Fsp3) is 0.148. The molecule has 4 rings (SSSR count). The Balaban J connectivity index is 0.00000441. The van der Waals surface area contributed by atoms with Gasteiger partial charge >= 0.3 is 29.6 Å². The van der Waals surface area contributed by atoms with E-state index in [9.17, 15) is 22.9 Å². The van der Waals surface area contributed by atoms with Gasteiger partial charge in [-0.15, -0.1) is 0 Å². The molecule has 0 saturated heterocycles. The van der Waals surface area contributed by atoms with Gasteiger partial charge in [-0.05, 0) is 54.6 Å². The number of halogens is 2. The van der Waals surface area contributed by atoms with Crippen LogP contribution in [0.3, 0.4) is 0 Å². The van der Waals surface area contributed by atoms with Gasteiger partial charge in [-0.25, -0.2) is 0 Å². The summed E-state index contributed by atoms with van der Waals surface area (Å²) in [6.07, 6.45) is 0.245. The number of hydrogen-bond donors (Lipinski definition) is 2. The molecule has 0 fully saturated rings. The van der Waals surface area contributed by atoms with Gasteiger partial charge in [0.1, 0.15) is 15.7 Å². The number of carbonyl (C=O) groups excluding carboxylic acids is 1. The summed E-state index contributed by atoms with van der Waals surface area (Å²) in [6, 6.07) is 15.6. The summed E-state index contributed by atoms with van der Waals surface area (Å²) in [5.74, 6) is -1.05. The van der Waals surface area contributed by atoms with Crippen LogP contribution in [-0.4, -0.2) is 25.5 Å². The molecule has 13 heteroatoms. The molecule has 0 bridgehead atoms. The van der Waals surface area contributed by atoms with E-state index in [1.807, 2.05) is 0 Å². The fourth-order valence-electron chi connectivity index (χ4n) is 3.98. The molecule has 202 valence electrons. The molecule has 0 radical (unpaired) electrons. The van der Waals surface area contributed by atoms with Crippen LogP contribution in [0.5, 0.6) is 11.5 Å². The van der Waals surface area contributed by atoms with Crippen molar-refractivity contribution in [3.63, 3.8) is 0 Å². The molecule has 40 heavy (non-hydrogen) atoms. The Morgan fingerprint density at radius 3 is 2.45 bits per heavy atom. The average Bonchev–Trinajstić information content (AvgIpc) is 2.89. The molecular formula is C27H22Cl2N3NaO6S. The number of carbonyl (C=O) groups is 1.